The molecule has 122 valence electrons. The topological polar surface area (TPSA) is 39.1 Å². The van der Waals surface area contributed by atoms with Crippen molar-refractivity contribution in [2.75, 3.05) is 13.7 Å². The molecule has 0 radical (unpaired) electrons. The van der Waals surface area contributed by atoms with Gasteiger partial charge in [-0.15, -0.1) is 0 Å². The summed E-state index contributed by atoms with van der Waals surface area (Å²) >= 11 is 6.48. The van der Waals surface area contributed by atoms with Crippen LogP contribution in [-0.4, -0.2) is 35.6 Å². The van der Waals surface area contributed by atoms with E-state index in [9.17, 15) is 0 Å². The Morgan fingerprint density at radius 1 is 1.33 bits per heavy atom. The fraction of sp³-hybridized carbons (Fsp3) is 0.812. The number of nitrogens with zero attached hydrogens (tertiary/aromatic N) is 2. The SMILES string of the molecule is CCCNC(Cc1c(Cl)c(CC)nn1C)C(OC)C(C)C. The first-order chi connectivity index (χ1) is 9.96. The molecular formula is C16H30ClN3O. The molecule has 0 saturated carbocycles. The molecule has 2 atom stereocenters. The van der Waals surface area contributed by atoms with E-state index in [1.165, 1.54) is 0 Å². The number of methoxy groups -OCH3 is 1. The number of hydrogen-bond acceptors (Lipinski definition) is 3. The van der Waals surface area contributed by atoms with Crippen LogP contribution in [0.1, 0.15) is 45.5 Å². The van der Waals surface area contributed by atoms with Crippen LogP contribution in [0.3, 0.4) is 0 Å². The maximum Gasteiger partial charge on any atom is 0.0850 e. The van der Waals surface area contributed by atoms with Crippen LogP contribution in [0.5, 0.6) is 0 Å². The second-order valence-corrected chi connectivity index (χ2v) is 6.27. The Kier molecular flexibility index (Phi) is 7.71. The third-order valence-corrected chi connectivity index (χ3v) is 4.33. The van der Waals surface area contributed by atoms with Crippen LogP contribution >= 0.6 is 11.6 Å². The molecular weight excluding hydrogens is 286 g/mol. The van der Waals surface area contributed by atoms with E-state index in [1.807, 2.05) is 11.7 Å². The van der Waals surface area contributed by atoms with Crippen LogP contribution in [-0.2, 0) is 24.6 Å². The van der Waals surface area contributed by atoms with Crippen LogP contribution in [0, 0.1) is 5.92 Å². The minimum atomic E-state index is 0.160. The van der Waals surface area contributed by atoms with Crippen molar-refractivity contribution in [2.45, 2.75) is 59.1 Å². The summed E-state index contributed by atoms with van der Waals surface area (Å²) in [6.07, 6.45) is 2.95. The molecule has 0 aliphatic carbocycles. The molecule has 1 aromatic heterocycles. The minimum absolute atomic E-state index is 0.160. The molecule has 0 aliphatic rings. The van der Waals surface area contributed by atoms with Crippen molar-refractivity contribution in [3.63, 3.8) is 0 Å². The summed E-state index contributed by atoms with van der Waals surface area (Å²) in [5.41, 5.74) is 2.06. The maximum atomic E-state index is 6.48. The van der Waals surface area contributed by atoms with Crippen molar-refractivity contribution in [2.24, 2.45) is 13.0 Å². The van der Waals surface area contributed by atoms with Crippen molar-refractivity contribution in [1.82, 2.24) is 15.1 Å². The quantitative estimate of drug-likeness (QED) is 0.760. The second-order valence-electron chi connectivity index (χ2n) is 5.89. The smallest absolute Gasteiger partial charge is 0.0850 e. The summed E-state index contributed by atoms with van der Waals surface area (Å²) in [6, 6.07) is 0.243. The van der Waals surface area contributed by atoms with Crippen molar-refractivity contribution in [3.8, 4) is 0 Å². The lowest BCUT2D eigenvalue weighted by Gasteiger charge is -2.30. The van der Waals surface area contributed by atoms with Crippen molar-refractivity contribution in [3.05, 3.63) is 16.4 Å². The Balaban J connectivity index is 2.97. The van der Waals surface area contributed by atoms with Crippen molar-refractivity contribution >= 4 is 11.6 Å². The number of aromatic nitrogens is 2. The largest absolute Gasteiger partial charge is 0.380 e. The van der Waals surface area contributed by atoms with Gasteiger partial charge < -0.3 is 10.1 Å². The first-order valence-corrected chi connectivity index (χ1v) is 8.30. The summed E-state index contributed by atoms with van der Waals surface area (Å²) < 4.78 is 7.63. The van der Waals surface area contributed by atoms with Gasteiger partial charge in [-0.1, -0.05) is 39.3 Å². The van der Waals surface area contributed by atoms with Gasteiger partial charge in [-0.2, -0.15) is 5.10 Å². The van der Waals surface area contributed by atoms with E-state index in [0.717, 1.165) is 42.2 Å². The fourth-order valence-corrected chi connectivity index (χ4v) is 3.16. The molecule has 21 heavy (non-hydrogen) atoms. The second kappa shape index (κ2) is 8.76. The summed E-state index contributed by atoms with van der Waals surface area (Å²) in [5, 5.41) is 8.92. The molecule has 4 nitrogen and oxygen atoms in total. The van der Waals surface area contributed by atoms with Crippen LogP contribution in [0.4, 0.5) is 0 Å². The zero-order valence-electron chi connectivity index (χ0n) is 14.2. The highest BCUT2D eigenvalue weighted by Crippen LogP contribution is 2.24. The van der Waals surface area contributed by atoms with Gasteiger partial charge in [0.05, 0.1) is 22.5 Å². The molecule has 0 amide bonds. The lowest BCUT2D eigenvalue weighted by atomic mass is 9.95. The summed E-state index contributed by atoms with van der Waals surface area (Å²) in [5.74, 6) is 0.446. The molecule has 1 N–H and O–H groups in total. The summed E-state index contributed by atoms with van der Waals surface area (Å²) in [6.45, 7) is 9.62. The normalized spacial score (nSPS) is 14.7. The van der Waals surface area contributed by atoms with Gasteiger partial charge in [0.25, 0.3) is 0 Å². The predicted molar refractivity (Wildman–Crippen MR) is 89.0 cm³/mol. The van der Waals surface area contributed by atoms with E-state index >= 15 is 0 Å². The standard InChI is InChI=1S/C16H30ClN3O/c1-7-9-18-13(16(21-6)11(3)4)10-14-15(17)12(8-2)19-20(14)5/h11,13,16,18H,7-10H2,1-6H3. The molecule has 5 heteroatoms. The van der Waals surface area contributed by atoms with Gasteiger partial charge in [0.2, 0.25) is 0 Å². The average Bonchev–Trinajstić information content (AvgIpc) is 2.71. The first kappa shape index (κ1) is 18.5. The molecule has 0 fully saturated rings. The summed E-state index contributed by atoms with van der Waals surface area (Å²) in [4.78, 5) is 0. The molecule has 0 bridgehead atoms. The lowest BCUT2D eigenvalue weighted by molar-refractivity contribution is 0.0328. The average molecular weight is 316 g/mol. The van der Waals surface area contributed by atoms with E-state index in [1.54, 1.807) is 7.11 Å². The lowest BCUT2D eigenvalue weighted by Crippen LogP contribution is -2.46. The maximum absolute atomic E-state index is 6.48. The molecule has 0 spiro atoms. The van der Waals surface area contributed by atoms with E-state index in [2.05, 4.69) is 38.1 Å². The molecule has 2 unspecified atom stereocenters. The van der Waals surface area contributed by atoms with E-state index in [0.29, 0.717) is 5.92 Å². The zero-order valence-corrected chi connectivity index (χ0v) is 15.0. The number of aryl methyl sites for hydroxylation is 2. The van der Waals surface area contributed by atoms with Gasteiger partial charge in [0, 0.05) is 26.6 Å². The predicted octanol–water partition coefficient (Wildman–Crippen LogP) is 3.22. The van der Waals surface area contributed by atoms with Gasteiger partial charge in [-0.05, 0) is 25.3 Å². The molecule has 0 aliphatic heterocycles. The molecule has 1 aromatic rings. The Morgan fingerprint density at radius 2 is 2.00 bits per heavy atom. The molecule has 1 heterocycles. The van der Waals surface area contributed by atoms with Gasteiger partial charge in [0.15, 0.2) is 0 Å². The van der Waals surface area contributed by atoms with Gasteiger partial charge in [0.1, 0.15) is 0 Å². The number of nitrogens with one attached hydrogen (secondary N) is 1. The first-order valence-electron chi connectivity index (χ1n) is 7.92. The van der Waals surface area contributed by atoms with Gasteiger partial charge >= 0.3 is 0 Å². The van der Waals surface area contributed by atoms with E-state index < -0.39 is 0 Å². The Labute approximate surface area is 134 Å². The third-order valence-electron chi connectivity index (χ3n) is 3.90. The number of halogens is 1. The monoisotopic (exact) mass is 315 g/mol. The van der Waals surface area contributed by atoms with E-state index in [-0.39, 0.29) is 12.1 Å². The van der Waals surface area contributed by atoms with Crippen LogP contribution in [0.2, 0.25) is 5.02 Å². The summed E-state index contributed by atoms with van der Waals surface area (Å²) in [7, 11) is 3.75. The van der Waals surface area contributed by atoms with Gasteiger partial charge in [-0.3, -0.25) is 4.68 Å². The Hall–Kier alpha value is -0.580. The van der Waals surface area contributed by atoms with Crippen molar-refractivity contribution < 1.29 is 4.74 Å². The molecule has 0 aromatic carbocycles. The third kappa shape index (κ3) is 4.70. The number of rotatable bonds is 9. The van der Waals surface area contributed by atoms with Crippen LogP contribution < -0.4 is 5.32 Å². The van der Waals surface area contributed by atoms with E-state index in [4.69, 9.17) is 16.3 Å². The van der Waals surface area contributed by atoms with Crippen LogP contribution in [0.15, 0.2) is 0 Å². The Bertz CT molecular complexity index is 431. The molecule has 1 rings (SSSR count). The highest BCUT2D eigenvalue weighted by atomic mass is 35.5. The zero-order chi connectivity index (χ0) is 16.0. The van der Waals surface area contributed by atoms with Gasteiger partial charge in [-0.25, -0.2) is 0 Å². The Morgan fingerprint density at radius 3 is 2.43 bits per heavy atom. The van der Waals surface area contributed by atoms with Crippen LogP contribution in [0.25, 0.3) is 0 Å². The minimum Gasteiger partial charge on any atom is -0.380 e. The molecule has 0 saturated heterocycles. The van der Waals surface area contributed by atoms with Crippen molar-refractivity contribution in [1.29, 1.82) is 0 Å². The number of hydrogen-bond donors (Lipinski definition) is 1. The number of ether oxygens (including phenoxy) is 1. The highest BCUT2D eigenvalue weighted by Gasteiger charge is 2.26. The highest BCUT2D eigenvalue weighted by molar-refractivity contribution is 6.31. The fourth-order valence-electron chi connectivity index (χ4n) is 2.79.